The van der Waals surface area contributed by atoms with Crippen LogP contribution in [0, 0.1) is 0 Å². The van der Waals surface area contributed by atoms with Crippen molar-refractivity contribution >= 4 is 22.9 Å². The van der Waals surface area contributed by atoms with Crippen molar-refractivity contribution in [2.45, 2.75) is 46.0 Å². The fraction of sp³-hybridized carbons (Fsp3) is 0.333. The molecule has 26 heavy (non-hydrogen) atoms. The smallest absolute Gasteiger partial charge is 0.230 e. The minimum atomic E-state index is -0.0551. The van der Waals surface area contributed by atoms with Crippen molar-refractivity contribution in [1.29, 1.82) is 0 Å². The van der Waals surface area contributed by atoms with Gasteiger partial charge in [0, 0.05) is 11.1 Å². The maximum absolute atomic E-state index is 12.5. The van der Waals surface area contributed by atoms with Crippen LogP contribution in [-0.2, 0) is 11.2 Å². The van der Waals surface area contributed by atoms with E-state index in [1.165, 1.54) is 22.5 Å². The van der Waals surface area contributed by atoms with Crippen LogP contribution in [0.1, 0.15) is 56.4 Å². The Bertz CT molecular complexity index is 879. The number of anilines is 1. The molecule has 1 N–H and O–H groups in total. The number of furan rings is 1. The van der Waals surface area contributed by atoms with Crippen molar-refractivity contribution in [3.8, 4) is 10.8 Å². The normalized spacial score (nSPS) is 11.3. The average Bonchev–Trinajstić information content (AvgIpc) is 3.25. The summed E-state index contributed by atoms with van der Waals surface area (Å²) >= 11 is 1.48. The number of nitrogens with zero attached hydrogens (tertiary/aromatic N) is 1. The first-order chi connectivity index (χ1) is 12.4. The minimum Gasteiger partial charge on any atom is -0.462 e. The number of hydrogen-bond donors (Lipinski definition) is 1. The summed E-state index contributed by atoms with van der Waals surface area (Å²) < 4.78 is 5.35. The summed E-state index contributed by atoms with van der Waals surface area (Å²) in [6.45, 7) is 8.64. The van der Waals surface area contributed by atoms with Gasteiger partial charge >= 0.3 is 0 Å². The molecule has 0 aliphatic rings. The van der Waals surface area contributed by atoms with E-state index >= 15 is 0 Å². The Morgan fingerprint density at radius 3 is 2.65 bits per heavy atom. The Hall–Kier alpha value is -2.40. The third-order valence-corrected chi connectivity index (χ3v) is 5.17. The van der Waals surface area contributed by atoms with E-state index in [4.69, 9.17) is 4.42 Å². The van der Waals surface area contributed by atoms with E-state index in [0.29, 0.717) is 11.8 Å². The molecule has 0 aliphatic carbocycles. The van der Waals surface area contributed by atoms with Crippen molar-refractivity contribution in [3.05, 3.63) is 58.8 Å². The molecule has 3 rings (SSSR count). The second kappa shape index (κ2) is 7.87. The van der Waals surface area contributed by atoms with Crippen LogP contribution in [0.5, 0.6) is 0 Å². The Labute approximate surface area is 158 Å². The zero-order valence-corrected chi connectivity index (χ0v) is 16.4. The molecule has 0 radical (unpaired) electrons. The summed E-state index contributed by atoms with van der Waals surface area (Å²) in [7, 11) is 0. The molecule has 2 aromatic heterocycles. The molecule has 0 unspecified atom stereocenters. The van der Waals surface area contributed by atoms with E-state index in [1.807, 2.05) is 23.6 Å². The van der Waals surface area contributed by atoms with Crippen LogP contribution in [0.3, 0.4) is 0 Å². The summed E-state index contributed by atoms with van der Waals surface area (Å²) in [5.41, 5.74) is 4.09. The van der Waals surface area contributed by atoms with E-state index in [1.54, 1.807) is 6.26 Å². The highest BCUT2D eigenvalue weighted by molar-refractivity contribution is 7.13. The molecule has 1 amide bonds. The van der Waals surface area contributed by atoms with Crippen LogP contribution < -0.4 is 5.32 Å². The molecular formula is C21H24N2O2S. The van der Waals surface area contributed by atoms with Gasteiger partial charge in [0.1, 0.15) is 0 Å². The van der Waals surface area contributed by atoms with Crippen molar-refractivity contribution < 1.29 is 9.21 Å². The van der Waals surface area contributed by atoms with Crippen LogP contribution in [-0.4, -0.2) is 10.9 Å². The van der Waals surface area contributed by atoms with Gasteiger partial charge in [0.15, 0.2) is 10.8 Å². The maximum Gasteiger partial charge on any atom is 0.230 e. The highest BCUT2D eigenvalue weighted by Gasteiger charge is 2.14. The van der Waals surface area contributed by atoms with Gasteiger partial charge in [-0.05, 0) is 41.2 Å². The lowest BCUT2D eigenvalue weighted by Crippen LogP contribution is -2.16. The molecule has 0 bridgehead atoms. The first-order valence-corrected chi connectivity index (χ1v) is 9.74. The van der Waals surface area contributed by atoms with Gasteiger partial charge < -0.3 is 9.73 Å². The molecule has 0 atom stereocenters. The quantitative estimate of drug-likeness (QED) is 0.595. The monoisotopic (exact) mass is 368 g/mol. The second-order valence-corrected chi connectivity index (χ2v) is 7.86. The van der Waals surface area contributed by atoms with Gasteiger partial charge in [-0.3, -0.25) is 4.79 Å². The number of thiazole rings is 1. The number of hydrogen-bond acceptors (Lipinski definition) is 4. The molecule has 0 aliphatic heterocycles. The first kappa shape index (κ1) is 18.4. The predicted octanol–water partition coefficient (Wildman–Crippen LogP) is 5.83. The molecule has 136 valence electrons. The maximum atomic E-state index is 12.5. The predicted molar refractivity (Wildman–Crippen MR) is 107 cm³/mol. The Morgan fingerprint density at radius 1 is 1.19 bits per heavy atom. The van der Waals surface area contributed by atoms with Gasteiger partial charge in [0.05, 0.1) is 18.4 Å². The molecule has 5 heteroatoms. The average molecular weight is 369 g/mol. The third-order valence-electron chi connectivity index (χ3n) is 4.26. The standard InChI is InChI=1S/C21H24N2O2S/c1-13(2)15-7-8-18(17(10-15)14(3)4)23-20(24)11-16-12-26-21(22-16)19-6-5-9-25-19/h5-10,12-14H,11H2,1-4H3,(H,23,24). The van der Waals surface area contributed by atoms with Crippen molar-refractivity contribution in [2.75, 3.05) is 5.32 Å². The fourth-order valence-corrected chi connectivity index (χ4v) is 3.58. The van der Waals surface area contributed by atoms with Crippen LogP contribution in [0.2, 0.25) is 0 Å². The Morgan fingerprint density at radius 2 is 2.00 bits per heavy atom. The van der Waals surface area contributed by atoms with E-state index in [0.717, 1.165) is 22.1 Å². The molecule has 4 nitrogen and oxygen atoms in total. The van der Waals surface area contributed by atoms with Crippen molar-refractivity contribution in [3.63, 3.8) is 0 Å². The summed E-state index contributed by atoms with van der Waals surface area (Å²) in [6, 6.07) is 10.00. The highest BCUT2D eigenvalue weighted by atomic mass is 32.1. The summed E-state index contributed by atoms with van der Waals surface area (Å²) in [4.78, 5) is 17.0. The number of benzene rings is 1. The molecule has 0 saturated carbocycles. The van der Waals surface area contributed by atoms with Crippen molar-refractivity contribution in [1.82, 2.24) is 4.98 Å². The van der Waals surface area contributed by atoms with Crippen LogP contribution in [0.25, 0.3) is 10.8 Å². The number of nitrogens with one attached hydrogen (secondary N) is 1. The molecule has 0 saturated heterocycles. The lowest BCUT2D eigenvalue weighted by atomic mass is 9.94. The lowest BCUT2D eigenvalue weighted by Gasteiger charge is -2.17. The SMILES string of the molecule is CC(C)c1ccc(NC(=O)Cc2csc(-c3ccco3)n2)c(C(C)C)c1. The van der Waals surface area contributed by atoms with E-state index < -0.39 is 0 Å². The Balaban J connectivity index is 1.72. The molecule has 0 spiro atoms. The molecule has 2 heterocycles. The molecule has 0 fully saturated rings. The van der Waals surface area contributed by atoms with Gasteiger partial charge in [-0.2, -0.15) is 0 Å². The van der Waals surface area contributed by atoms with Gasteiger partial charge in [-0.1, -0.05) is 39.8 Å². The summed E-state index contributed by atoms with van der Waals surface area (Å²) in [5, 5.41) is 5.75. The topological polar surface area (TPSA) is 55.1 Å². The van der Waals surface area contributed by atoms with Crippen LogP contribution in [0.4, 0.5) is 5.69 Å². The Kier molecular flexibility index (Phi) is 5.57. The molecule has 3 aromatic rings. The van der Waals surface area contributed by atoms with E-state index in [2.05, 4.69) is 50.1 Å². The zero-order valence-electron chi connectivity index (χ0n) is 15.6. The number of amides is 1. The van der Waals surface area contributed by atoms with E-state index in [-0.39, 0.29) is 12.3 Å². The fourth-order valence-electron chi connectivity index (χ4n) is 2.79. The van der Waals surface area contributed by atoms with Gasteiger partial charge in [0.25, 0.3) is 0 Å². The third kappa shape index (κ3) is 4.22. The van der Waals surface area contributed by atoms with Crippen molar-refractivity contribution in [2.24, 2.45) is 0 Å². The van der Waals surface area contributed by atoms with Crippen LogP contribution in [0.15, 0.2) is 46.4 Å². The number of rotatable bonds is 6. The highest BCUT2D eigenvalue weighted by Crippen LogP contribution is 2.29. The van der Waals surface area contributed by atoms with Gasteiger partial charge in [-0.25, -0.2) is 4.98 Å². The molecule has 1 aromatic carbocycles. The molecular weight excluding hydrogens is 344 g/mol. The first-order valence-electron chi connectivity index (χ1n) is 8.86. The summed E-state index contributed by atoms with van der Waals surface area (Å²) in [6.07, 6.45) is 1.87. The van der Waals surface area contributed by atoms with Gasteiger partial charge in [0.2, 0.25) is 5.91 Å². The lowest BCUT2D eigenvalue weighted by molar-refractivity contribution is -0.115. The minimum absolute atomic E-state index is 0.0551. The number of aromatic nitrogens is 1. The number of carbonyl (C=O) groups excluding carboxylic acids is 1. The largest absolute Gasteiger partial charge is 0.462 e. The number of carbonyl (C=O) groups is 1. The second-order valence-electron chi connectivity index (χ2n) is 7.00. The van der Waals surface area contributed by atoms with E-state index in [9.17, 15) is 4.79 Å². The zero-order chi connectivity index (χ0) is 18.7. The van der Waals surface area contributed by atoms with Crippen LogP contribution >= 0.6 is 11.3 Å². The summed E-state index contributed by atoms with van der Waals surface area (Å²) in [5.74, 6) is 1.48. The van der Waals surface area contributed by atoms with Gasteiger partial charge in [-0.15, -0.1) is 11.3 Å².